The van der Waals surface area contributed by atoms with Crippen LogP contribution in [0.3, 0.4) is 0 Å². The first-order valence-corrected chi connectivity index (χ1v) is 6.82. The minimum atomic E-state index is -0.164. The summed E-state index contributed by atoms with van der Waals surface area (Å²) in [6, 6.07) is 7.34. The van der Waals surface area contributed by atoms with Gasteiger partial charge < -0.3 is 9.84 Å². The Morgan fingerprint density at radius 3 is 2.81 bits per heavy atom. The molecule has 0 radical (unpaired) electrons. The van der Waals surface area contributed by atoms with Crippen molar-refractivity contribution in [3.8, 4) is 17.6 Å². The number of hydrogen-bond donors (Lipinski definition) is 1. The minimum Gasteiger partial charge on any atom is -0.492 e. The summed E-state index contributed by atoms with van der Waals surface area (Å²) in [4.78, 5) is 11.8. The summed E-state index contributed by atoms with van der Waals surface area (Å²) < 4.78 is 8.90. The number of benzene rings is 1. The van der Waals surface area contributed by atoms with Crippen molar-refractivity contribution in [2.45, 2.75) is 20.0 Å². The Morgan fingerprint density at radius 2 is 2.10 bits per heavy atom. The molecule has 0 spiro atoms. The van der Waals surface area contributed by atoms with Crippen molar-refractivity contribution in [1.82, 2.24) is 9.13 Å². The number of imidazole rings is 1. The predicted molar refractivity (Wildman–Crippen MR) is 80.3 cm³/mol. The van der Waals surface area contributed by atoms with E-state index in [1.54, 1.807) is 21.5 Å². The molecular formula is C16H18N2O3. The van der Waals surface area contributed by atoms with E-state index in [0.29, 0.717) is 25.4 Å². The lowest BCUT2D eigenvalue weighted by atomic mass is 10.2. The van der Waals surface area contributed by atoms with Gasteiger partial charge in [0.1, 0.15) is 19.0 Å². The van der Waals surface area contributed by atoms with Crippen LogP contribution in [0.1, 0.15) is 12.5 Å². The van der Waals surface area contributed by atoms with Gasteiger partial charge in [-0.3, -0.25) is 9.13 Å². The molecule has 21 heavy (non-hydrogen) atoms. The molecule has 0 saturated carbocycles. The summed E-state index contributed by atoms with van der Waals surface area (Å²) >= 11 is 0. The molecule has 1 aromatic carbocycles. The zero-order chi connectivity index (χ0) is 15.1. The van der Waals surface area contributed by atoms with Gasteiger partial charge in [0.05, 0.1) is 6.54 Å². The van der Waals surface area contributed by atoms with Gasteiger partial charge in [0.2, 0.25) is 0 Å². The monoisotopic (exact) mass is 286 g/mol. The first kappa shape index (κ1) is 14.9. The Bertz CT molecular complexity index is 704. The van der Waals surface area contributed by atoms with Gasteiger partial charge in [0.15, 0.2) is 0 Å². The van der Waals surface area contributed by atoms with Crippen molar-refractivity contribution < 1.29 is 9.84 Å². The van der Waals surface area contributed by atoms with E-state index >= 15 is 0 Å². The highest BCUT2D eigenvalue weighted by Crippen LogP contribution is 2.12. The van der Waals surface area contributed by atoms with Crippen LogP contribution in [0.15, 0.2) is 41.5 Å². The Kier molecular flexibility index (Phi) is 5.24. The van der Waals surface area contributed by atoms with Crippen LogP contribution in [0.2, 0.25) is 0 Å². The summed E-state index contributed by atoms with van der Waals surface area (Å²) in [5.74, 6) is 6.11. The summed E-state index contributed by atoms with van der Waals surface area (Å²) in [6.45, 7) is 3.34. The van der Waals surface area contributed by atoms with Crippen LogP contribution >= 0.6 is 0 Å². The Labute approximate surface area is 123 Å². The van der Waals surface area contributed by atoms with Gasteiger partial charge in [-0.05, 0) is 25.1 Å². The number of aliphatic hydroxyl groups is 1. The molecular weight excluding hydrogens is 268 g/mol. The van der Waals surface area contributed by atoms with Crippen molar-refractivity contribution in [3.63, 3.8) is 0 Å². The third kappa shape index (κ3) is 4.01. The average Bonchev–Trinajstić information content (AvgIpc) is 2.86. The maximum Gasteiger partial charge on any atom is 0.328 e. The van der Waals surface area contributed by atoms with Gasteiger partial charge in [0, 0.05) is 24.5 Å². The van der Waals surface area contributed by atoms with E-state index in [2.05, 4.69) is 11.8 Å². The van der Waals surface area contributed by atoms with E-state index in [4.69, 9.17) is 9.84 Å². The lowest BCUT2D eigenvalue weighted by Gasteiger charge is -2.06. The molecule has 5 nitrogen and oxygen atoms in total. The lowest BCUT2D eigenvalue weighted by molar-refractivity contribution is 0.296. The largest absolute Gasteiger partial charge is 0.492 e. The molecule has 110 valence electrons. The third-order valence-corrected chi connectivity index (χ3v) is 3.01. The van der Waals surface area contributed by atoms with Crippen LogP contribution in [-0.4, -0.2) is 27.5 Å². The molecule has 0 amide bonds. The van der Waals surface area contributed by atoms with Crippen molar-refractivity contribution in [2.75, 3.05) is 13.2 Å². The van der Waals surface area contributed by atoms with Crippen LogP contribution in [0.4, 0.5) is 0 Å². The minimum absolute atomic E-state index is 0.0244. The highest BCUT2D eigenvalue weighted by molar-refractivity contribution is 5.39. The molecule has 0 unspecified atom stereocenters. The Balaban J connectivity index is 1.94. The average molecular weight is 286 g/mol. The van der Waals surface area contributed by atoms with E-state index in [1.165, 1.54) is 0 Å². The SMILES string of the molecule is CCn1ccn(CCOc2cccc(C#CCO)c2)c1=O. The van der Waals surface area contributed by atoms with Crippen LogP contribution in [0.25, 0.3) is 0 Å². The number of hydrogen-bond acceptors (Lipinski definition) is 3. The molecule has 0 aliphatic rings. The first-order chi connectivity index (χ1) is 10.2. The highest BCUT2D eigenvalue weighted by Gasteiger charge is 2.01. The fourth-order valence-corrected chi connectivity index (χ4v) is 1.93. The topological polar surface area (TPSA) is 56.4 Å². The van der Waals surface area contributed by atoms with E-state index in [0.717, 1.165) is 5.56 Å². The summed E-state index contributed by atoms with van der Waals surface area (Å²) in [5.41, 5.74) is 0.763. The molecule has 1 aromatic heterocycles. The van der Waals surface area contributed by atoms with Crippen LogP contribution in [-0.2, 0) is 13.1 Å². The van der Waals surface area contributed by atoms with Crippen molar-refractivity contribution >= 4 is 0 Å². The van der Waals surface area contributed by atoms with Crippen LogP contribution in [0, 0.1) is 11.8 Å². The molecule has 1 N–H and O–H groups in total. The predicted octanol–water partition coefficient (Wildman–Crippen LogP) is 1.09. The standard InChI is InChI=1S/C16H18N2O3/c1-2-17-8-9-18(16(17)20)10-12-21-15-7-3-5-14(13-15)6-4-11-19/h3,5,7-9,13,19H,2,10-12H2,1H3. The summed E-state index contributed by atoms with van der Waals surface area (Å²) in [7, 11) is 0. The van der Waals surface area contributed by atoms with E-state index in [9.17, 15) is 4.79 Å². The molecule has 2 aromatic rings. The molecule has 0 aliphatic heterocycles. The van der Waals surface area contributed by atoms with Gasteiger partial charge in [-0.25, -0.2) is 4.79 Å². The van der Waals surface area contributed by atoms with Crippen molar-refractivity contribution in [2.24, 2.45) is 0 Å². The smallest absolute Gasteiger partial charge is 0.328 e. The van der Waals surface area contributed by atoms with Crippen molar-refractivity contribution in [3.05, 3.63) is 52.7 Å². The summed E-state index contributed by atoms with van der Waals surface area (Å²) in [5, 5.41) is 8.67. The highest BCUT2D eigenvalue weighted by atomic mass is 16.5. The van der Waals surface area contributed by atoms with Crippen LogP contribution in [0.5, 0.6) is 5.75 Å². The third-order valence-electron chi connectivity index (χ3n) is 3.01. The first-order valence-electron chi connectivity index (χ1n) is 6.82. The number of ether oxygens (including phenoxy) is 1. The second kappa shape index (κ2) is 7.36. The molecule has 0 atom stereocenters. The van der Waals surface area contributed by atoms with Crippen LogP contribution < -0.4 is 10.4 Å². The normalized spacial score (nSPS) is 10.0. The zero-order valence-corrected chi connectivity index (χ0v) is 12.0. The number of rotatable bonds is 5. The molecule has 5 heteroatoms. The zero-order valence-electron chi connectivity index (χ0n) is 12.0. The lowest BCUT2D eigenvalue weighted by Crippen LogP contribution is -2.25. The number of aryl methyl sites for hydroxylation is 1. The van der Waals surface area contributed by atoms with E-state index < -0.39 is 0 Å². The maximum atomic E-state index is 11.8. The molecule has 0 saturated heterocycles. The van der Waals surface area contributed by atoms with Gasteiger partial charge in [-0.15, -0.1) is 0 Å². The second-order valence-corrected chi connectivity index (χ2v) is 4.40. The summed E-state index contributed by atoms with van der Waals surface area (Å²) in [6.07, 6.45) is 3.53. The number of aromatic nitrogens is 2. The quantitative estimate of drug-likeness (QED) is 0.837. The molecule has 2 rings (SSSR count). The molecule has 1 heterocycles. The number of aliphatic hydroxyl groups excluding tert-OH is 1. The number of nitrogens with zero attached hydrogens (tertiary/aromatic N) is 2. The van der Waals surface area contributed by atoms with Gasteiger partial charge in [-0.1, -0.05) is 17.9 Å². The Hall–Kier alpha value is -2.45. The Morgan fingerprint density at radius 1 is 1.29 bits per heavy atom. The molecule has 0 fully saturated rings. The van der Waals surface area contributed by atoms with Gasteiger partial charge in [0.25, 0.3) is 0 Å². The van der Waals surface area contributed by atoms with Crippen molar-refractivity contribution in [1.29, 1.82) is 0 Å². The van der Waals surface area contributed by atoms with E-state index in [-0.39, 0.29) is 12.3 Å². The van der Waals surface area contributed by atoms with E-state index in [1.807, 2.05) is 31.2 Å². The maximum absolute atomic E-state index is 11.8. The fraction of sp³-hybridized carbons (Fsp3) is 0.312. The second-order valence-electron chi connectivity index (χ2n) is 4.40. The van der Waals surface area contributed by atoms with Gasteiger partial charge >= 0.3 is 5.69 Å². The molecule has 0 bridgehead atoms. The molecule has 0 aliphatic carbocycles. The fourth-order valence-electron chi connectivity index (χ4n) is 1.93. The van der Waals surface area contributed by atoms with Gasteiger partial charge in [-0.2, -0.15) is 0 Å².